The summed E-state index contributed by atoms with van der Waals surface area (Å²) in [6.07, 6.45) is 6.69. The Hall–Kier alpha value is -2.77. The van der Waals surface area contributed by atoms with Crippen molar-refractivity contribution in [3.05, 3.63) is 65.5 Å². The van der Waals surface area contributed by atoms with Crippen LogP contribution in [0.5, 0.6) is 0 Å². The van der Waals surface area contributed by atoms with E-state index in [2.05, 4.69) is 57.4 Å². The fourth-order valence-corrected chi connectivity index (χ4v) is 5.04. The van der Waals surface area contributed by atoms with Gasteiger partial charge in [0.05, 0.1) is 0 Å². The Morgan fingerprint density at radius 3 is 2.43 bits per heavy atom. The highest BCUT2D eigenvalue weighted by Crippen LogP contribution is 2.19. The average Bonchev–Trinajstić information content (AvgIpc) is 2.91. The number of pyridine rings is 1. The predicted octanol–water partition coefficient (Wildman–Crippen LogP) is 2.84. The van der Waals surface area contributed by atoms with Crippen molar-refractivity contribution in [3.8, 4) is 0 Å². The molecule has 1 aromatic heterocycles. The molecule has 7 heteroatoms. The summed E-state index contributed by atoms with van der Waals surface area (Å²) in [7, 11) is 0. The molecule has 2 fully saturated rings. The molecule has 1 unspecified atom stereocenters. The molecule has 1 atom stereocenters. The molecule has 0 bridgehead atoms. The van der Waals surface area contributed by atoms with Gasteiger partial charge in [-0.3, -0.25) is 24.4 Å². The van der Waals surface area contributed by atoms with Crippen LogP contribution in [0.15, 0.2) is 48.8 Å². The third kappa shape index (κ3) is 7.87. The number of aryl methyl sites for hydroxylation is 1. The van der Waals surface area contributed by atoms with Crippen LogP contribution in [-0.2, 0) is 22.7 Å². The first-order chi connectivity index (χ1) is 17.1. The third-order valence-electron chi connectivity index (χ3n) is 7.19. The molecule has 0 spiro atoms. The van der Waals surface area contributed by atoms with Crippen molar-refractivity contribution in [2.24, 2.45) is 5.92 Å². The standard InChI is InChI=1S/C28H39N5O2/c1-23-6-8-24(9-7-23)21-32-16-18-33(19-17-32)28(35)26-5-3-14-31(15-11-27(34)30-13-10-26)22-25-4-2-12-29-20-25/h2,4,6-9,12,20,26H,3,5,10-11,13-19,21-22H2,1H3,(H,30,34). The van der Waals surface area contributed by atoms with Crippen LogP contribution in [0.4, 0.5) is 0 Å². The maximum atomic E-state index is 13.4. The van der Waals surface area contributed by atoms with Crippen molar-refractivity contribution in [3.63, 3.8) is 0 Å². The summed E-state index contributed by atoms with van der Waals surface area (Å²) < 4.78 is 0. The summed E-state index contributed by atoms with van der Waals surface area (Å²) in [5.74, 6) is 0.295. The second-order valence-corrected chi connectivity index (χ2v) is 9.95. The number of hydrogen-bond acceptors (Lipinski definition) is 5. The number of aromatic nitrogens is 1. The van der Waals surface area contributed by atoms with Crippen LogP contribution in [0.2, 0.25) is 0 Å². The lowest BCUT2D eigenvalue weighted by Gasteiger charge is -2.36. The second-order valence-electron chi connectivity index (χ2n) is 9.95. The quantitative estimate of drug-likeness (QED) is 0.717. The number of piperazine rings is 1. The highest BCUT2D eigenvalue weighted by Gasteiger charge is 2.28. The lowest BCUT2D eigenvalue weighted by Crippen LogP contribution is -2.50. The van der Waals surface area contributed by atoms with Gasteiger partial charge in [-0.1, -0.05) is 35.9 Å². The van der Waals surface area contributed by atoms with E-state index in [1.165, 1.54) is 11.1 Å². The van der Waals surface area contributed by atoms with Gasteiger partial charge < -0.3 is 10.2 Å². The maximum absolute atomic E-state index is 13.4. The minimum absolute atomic E-state index is 0.0303. The van der Waals surface area contributed by atoms with E-state index in [9.17, 15) is 9.59 Å². The number of nitrogens with zero attached hydrogens (tertiary/aromatic N) is 4. The molecular formula is C28H39N5O2. The molecule has 0 radical (unpaired) electrons. The van der Waals surface area contributed by atoms with E-state index < -0.39 is 0 Å². The highest BCUT2D eigenvalue weighted by atomic mass is 16.2. The Labute approximate surface area is 209 Å². The van der Waals surface area contributed by atoms with Crippen LogP contribution in [0.25, 0.3) is 0 Å². The number of amides is 2. The average molecular weight is 478 g/mol. The van der Waals surface area contributed by atoms with E-state index in [4.69, 9.17) is 0 Å². The predicted molar refractivity (Wildman–Crippen MR) is 138 cm³/mol. The van der Waals surface area contributed by atoms with Crippen molar-refractivity contribution in [1.82, 2.24) is 25.0 Å². The Morgan fingerprint density at radius 2 is 1.69 bits per heavy atom. The van der Waals surface area contributed by atoms with E-state index >= 15 is 0 Å². The molecule has 0 saturated carbocycles. The molecule has 3 heterocycles. The van der Waals surface area contributed by atoms with Crippen LogP contribution in [0.1, 0.15) is 42.4 Å². The maximum Gasteiger partial charge on any atom is 0.225 e. The normalized spacial score (nSPS) is 21.2. The first-order valence-electron chi connectivity index (χ1n) is 13.0. The molecule has 1 N–H and O–H groups in total. The van der Waals surface area contributed by atoms with Gasteiger partial charge in [0.2, 0.25) is 11.8 Å². The van der Waals surface area contributed by atoms with Gasteiger partial charge in [0.15, 0.2) is 0 Å². The van der Waals surface area contributed by atoms with E-state index in [1.54, 1.807) is 6.20 Å². The van der Waals surface area contributed by atoms with Crippen LogP contribution < -0.4 is 5.32 Å². The SMILES string of the molecule is Cc1ccc(CN2CCN(C(=O)C3CCCN(Cc4cccnc4)CCC(=O)NCC3)CC2)cc1. The first kappa shape index (κ1) is 25.3. The summed E-state index contributed by atoms with van der Waals surface area (Å²) in [6, 6.07) is 12.7. The zero-order chi connectivity index (χ0) is 24.5. The Balaban J connectivity index is 1.29. The molecule has 4 rings (SSSR count). The highest BCUT2D eigenvalue weighted by molar-refractivity contribution is 5.79. The van der Waals surface area contributed by atoms with Gasteiger partial charge in [0, 0.05) is 77.1 Å². The van der Waals surface area contributed by atoms with Crippen LogP contribution >= 0.6 is 0 Å². The van der Waals surface area contributed by atoms with Crippen molar-refractivity contribution in [2.45, 2.75) is 45.7 Å². The Kier molecular flexibility index (Phi) is 9.26. The van der Waals surface area contributed by atoms with E-state index in [-0.39, 0.29) is 17.7 Å². The zero-order valence-electron chi connectivity index (χ0n) is 21.0. The number of nitrogens with one attached hydrogen (secondary N) is 1. The molecule has 35 heavy (non-hydrogen) atoms. The van der Waals surface area contributed by atoms with Crippen molar-refractivity contribution in [2.75, 3.05) is 45.8 Å². The fourth-order valence-electron chi connectivity index (χ4n) is 5.04. The molecule has 0 aliphatic carbocycles. The van der Waals surface area contributed by atoms with Crippen LogP contribution in [-0.4, -0.2) is 77.3 Å². The minimum Gasteiger partial charge on any atom is -0.356 e. The summed E-state index contributed by atoms with van der Waals surface area (Å²) in [6.45, 7) is 9.38. The summed E-state index contributed by atoms with van der Waals surface area (Å²) >= 11 is 0. The lowest BCUT2D eigenvalue weighted by molar-refractivity contribution is -0.138. The Bertz CT molecular complexity index is 942. The molecule has 2 aliphatic rings. The summed E-state index contributed by atoms with van der Waals surface area (Å²) in [4.78, 5) is 36.8. The summed E-state index contributed by atoms with van der Waals surface area (Å²) in [5, 5.41) is 3.03. The zero-order valence-corrected chi connectivity index (χ0v) is 21.0. The van der Waals surface area contributed by atoms with Gasteiger partial charge >= 0.3 is 0 Å². The van der Waals surface area contributed by atoms with E-state index in [0.717, 1.165) is 77.2 Å². The van der Waals surface area contributed by atoms with Crippen molar-refractivity contribution in [1.29, 1.82) is 0 Å². The van der Waals surface area contributed by atoms with Crippen LogP contribution in [0.3, 0.4) is 0 Å². The van der Waals surface area contributed by atoms with Gasteiger partial charge in [0.1, 0.15) is 0 Å². The fraction of sp³-hybridized carbons (Fsp3) is 0.536. The molecule has 7 nitrogen and oxygen atoms in total. The van der Waals surface area contributed by atoms with Crippen molar-refractivity contribution >= 4 is 11.8 Å². The Morgan fingerprint density at radius 1 is 0.943 bits per heavy atom. The molecule has 2 saturated heterocycles. The summed E-state index contributed by atoms with van der Waals surface area (Å²) in [5.41, 5.74) is 3.76. The van der Waals surface area contributed by atoms with Gasteiger partial charge in [-0.15, -0.1) is 0 Å². The molecule has 2 amide bonds. The van der Waals surface area contributed by atoms with Gasteiger partial charge in [0.25, 0.3) is 0 Å². The van der Waals surface area contributed by atoms with Crippen molar-refractivity contribution < 1.29 is 9.59 Å². The monoisotopic (exact) mass is 477 g/mol. The van der Waals surface area contributed by atoms with Gasteiger partial charge in [-0.25, -0.2) is 0 Å². The number of carbonyl (C=O) groups excluding carboxylic acids is 2. The number of benzene rings is 1. The molecule has 188 valence electrons. The largest absolute Gasteiger partial charge is 0.356 e. The van der Waals surface area contributed by atoms with Gasteiger partial charge in [-0.05, 0) is 49.9 Å². The number of carbonyl (C=O) groups is 2. The third-order valence-corrected chi connectivity index (χ3v) is 7.19. The van der Waals surface area contributed by atoms with Crippen LogP contribution in [0, 0.1) is 12.8 Å². The van der Waals surface area contributed by atoms with Gasteiger partial charge in [-0.2, -0.15) is 0 Å². The second kappa shape index (κ2) is 12.8. The number of hydrogen-bond donors (Lipinski definition) is 1. The molecular weight excluding hydrogens is 438 g/mol. The van der Waals surface area contributed by atoms with E-state index in [1.807, 2.05) is 17.2 Å². The lowest BCUT2D eigenvalue weighted by atomic mass is 9.97. The number of rotatable bonds is 5. The molecule has 2 aromatic rings. The topological polar surface area (TPSA) is 68.8 Å². The smallest absolute Gasteiger partial charge is 0.225 e. The molecule has 2 aliphatic heterocycles. The minimum atomic E-state index is -0.0303. The molecule has 1 aromatic carbocycles. The van der Waals surface area contributed by atoms with E-state index in [0.29, 0.717) is 13.0 Å². The first-order valence-corrected chi connectivity index (χ1v) is 13.0.